The van der Waals surface area contributed by atoms with Gasteiger partial charge < -0.3 is 15.4 Å². The predicted octanol–water partition coefficient (Wildman–Crippen LogP) is 0.675. The van der Waals surface area contributed by atoms with E-state index in [0.717, 1.165) is 39.0 Å². The molecule has 1 amide bonds. The molecule has 0 spiro atoms. The number of hydrogen-bond acceptors (Lipinski definition) is 3. The van der Waals surface area contributed by atoms with E-state index >= 15 is 0 Å². The van der Waals surface area contributed by atoms with E-state index in [1.807, 2.05) is 0 Å². The topological polar surface area (TPSA) is 50.4 Å². The van der Waals surface area contributed by atoms with Crippen molar-refractivity contribution in [3.63, 3.8) is 0 Å². The maximum Gasteiger partial charge on any atom is 0.220 e. The molecule has 2 N–H and O–H groups in total. The molecule has 1 heterocycles. The molecular formula is C13H22N2O2. The average molecular weight is 238 g/mol. The molecule has 0 atom stereocenters. The number of piperidine rings is 1. The van der Waals surface area contributed by atoms with Crippen molar-refractivity contribution in [1.29, 1.82) is 0 Å². The highest BCUT2D eigenvalue weighted by molar-refractivity contribution is 5.76. The molecule has 1 saturated heterocycles. The van der Waals surface area contributed by atoms with E-state index in [0.29, 0.717) is 25.5 Å². The first-order chi connectivity index (χ1) is 8.33. The molecule has 0 radical (unpaired) electrons. The molecule has 4 heteroatoms. The second-order valence-electron chi connectivity index (χ2n) is 4.23. The smallest absolute Gasteiger partial charge is 0.220 e. The third-order valence-electron chi connectivity index (χ3n) is 2.78. The second kappa shape index (κ2) is 9.03. The molecule has 0 bridgehead atoms. The molecule has 17 heavy (non-hydrogen) atoms. The van der Waals surface area contributed by atoms with Crippen molar-refractivity contribution < 1.29 is 9.53 Å². The van der Waals surface area contributed by atoms with Gasteiger partial charge >= 0.3 is 0 Å². The third kappa shape index (κ3) is 6.98. The van der Waals surface area contributed by atoms with Crippen molar-refractivity contribution >= 4 is 5.91 Å². The SMILES string of the molecule is C#CCCC(=O)NCCCOC1CCNCC1. The minimum Gasteiger partial charge on any atom is -0.378 e. The van der Waals surface area contributed by atoms with Crippen LogP contribution in [0.25, 0.3) is 0 Å². The van der Waals surface area contributed by atoms with E-state index in [1.54, 1.807) is 0 Å². The molecule has 1 fully saturated rings. The molecule has 1 aliphatic rings. The molecule has 1 aliphatic heterocycles. The number of ether oxygens (including phenoxy) is 1. The van der Waals surface area contributed by atoms with Gasteiger partial charge in [-0.05, 0) is 32.4 Å². The normalized spacial score (nSPS) is 16.4. The summed E-state index contributed by atoms with van der Waals surface area (Å²) in [5.41, 5.74) is 0. The highest BCUT2D eigenvalue weighted by Gasteiger charge is 2.12. The number of nitrogens with one attached hydrogen (secondary N) is 2. The van der Waals surface area contributed by atoms with Gasteiger partial charge in [-0.3, -0.25) is 4.79 Å². The summed E-state index contributed by atoms with van der Waals surface area (Å²) in [6.45, 7) is 3.50. The zero-order valence-corrected chi connectivity index (χ0v) is 10.3. The Kier molecular flexibility index (Phi) is 7.44. The van der Waals surface area contributed by atoms with Gasteiger partial charge in [0.1, 0.15) is 0 Å². The number of rotatable bonds is 7. The molecule has 96 valence electrons. The average Bonchev–Trinajstić information content (AvgIpc) is 2.37. The minimum atomic E-state index is 0.0322. The molecule has 0 unspecified atom stereocenters. The van der Waals surface area contributed by atoms with Gasteiger partial charge in [0.15, 0.2) is 0 Å². The lowest BCUT2D eigenvalue weighted by molar-refractivity contribution is -0.121. The Bertz CT molecular complexity index is 255. The molecule has 4 nitrogen and oxygen atoms in total. The van der Waals surface area contributed by atoms with E-state index in [9.17, 15) is 4.79 Å². The van der Waals surface area contributed by atoms with E-state index in [2.05, 4.69) is 16.6 Å². The summed E-state index contributed by atoms with van der Waals surface area (Å²) in [5.74, 6) is 2.48. The first-order valence-electron chi connectivity index (χ1n) is 6.35. The first kappa shape index (κ1) is 14.0. The Morgan fingerprint density at radius 3 is 2.94 bits per heavy atom. The summed E-state index contributed by atoms with van der Waals surface area (Å²) in [5, 5.41) is 6.13. The lowest BCUT2D eigenvalue weighted by atomic mass is 10.1. The Hall–Kier alpha value is -1.05. The van der Waals surface area contributed by atoms with Crippen LogP contribution in [0.2, 0.25) is 0 Å². The molecule has 1 rings (SSSR count). The zero-order chi connectivity index (χ0) is 12.3. The monoisotopic (exact) mass is 238 g/mol. The van der Waals surface area contributed by atoms with Gasteiger partial charge in [-0.25, -0.2) is 0 Å². The van der Waals surface area contributed by atoms with Gasteiger partial charge in [-0.15, -0.1) is 12.3 Å². The van der Waals surface area contributed by atoms with Crippen molar-refractivity contribution in [2.24, 2.45) is 0 Å². The van der Waals surface area contributed by atoms with Crippen molar-refractivity contribution in [1.82, 2.24) is 10.6 Å². The van der Waals surface area contributed by atoms with Gasteiger partial charge in [0.25, 0.3) is 0 Å². The molecule has 0 aromatic rings. The van der Waals surface area contributed by atoms with Crippen LogP contribution >= 0.6 is 0 Å². The lowest BCUT2D eigenvalue weighted by Crippen LogP contribution is -2.33. The van der Waals surface area contributed by atoms with Gasteiger partial charge in [-0.1, -0.05) is 0 Å². The fourth-order valence-electron chi connectivity index (χ4n) is 1.79. The third-order valence-corrected chi connectivity index (χ3v) is 2.78. The lowest BCUT2D eigenvalue weighted by Gasteiger charge is -2.22. The van der Waals surface area contributed by atoms with Crippen molar-refractivity contribution in [2.45, 2.75) is 38.2 Å². The molecule has 0 aromatic heterocycles. The largest absolute Gasteiger partial charge is 0.378 e. The highest BCUT2D eigenvalue weighted by atomic mass is 16.5. The number of amides is 1. The number of carbonyl (C=O) groups excluding carboxylic acids is 1. The summed E-state index contributed by atoms with van der Waals surface area (Å²) in [4.78, 5) is 11.2. The van der Waals surface area contributed by atoms with E-state index in [-0.39, 0.29) is 5.91 Å². The second-order valence-corrected chi connectivity index (χ2v) is 4.23. The van der Waals surface area contributed by atoms with Crippen LogP contribution in [0.1, 0.15) is 32.1 Å². The van der Waals surface area contributed by atoms with E-state index in [1.165, 1.54) is 0 Å². The predicted molar refractivity (Wildman–Crippen MR) is 67.5 cm³/mol. The fraction of sp³-hybridized carbons (Fsp3) is 0.769. The minimum absolute atomic E-state index is 0.0322. The van der Waals surface area contributed by atoms with Crippen molar-refractivity contribution in [3.8, 4) is 12.3 Å². The molecular weight excluding hydrogens is 216 g/mol. The Labute approximate surface area is 103 Å². The van der Waals surface area contributed by atoms with Gasteiger partial charge in [0.2, 0.25) is 5.91 Å². The van der Waals surface area contributed by atoms with Gasteiger partial charge in [-0.2, -0.15) is 0 Å². The Balaban J connectivity index is 1.90. The van der Waals surface area contributed by atoms with Crippen LogP contribution in [-0.4, -0.2) is 38.3 Å². The highest BCUT2D eigenvalue weighted by Crippen LogP contribution is 2.06. The summed E-state index contributed by atoms with van der Waals surface area (Å²) in [6, 6.07) is 0. The van der Waals surface area contributed by atoms with Crippen LogP contribution in [0.3, 0.4) is 0 Å². The molecule has 0 aliphatic carbocycles. The van der Waals surface area contributed by atoms with Gasteiger partial charge in [0, 0.05) is 26.0 Å². The fourth-order valence-corrected chi connectivity index (χ4v) is 1.79. The number of hydrogen-bond donors (Lipinski definition) is 2. The van der Waals surface area contributed by atoms with E-state index in [4.69, 9.17) is 11.2 Å². The molecule has 0 aromatic carbocycles. The quantitative estimate of drug-likeness (QED) is 0.506. The van der Waals surface area contributed by atoms with Gasteiger partial charge in [0.05, 0.1) is 6.10 Å². The Morgan fingerprint density at radius 2 is 2.24 bits per heavy atom. The van der Waals surface area contributed by atoms with Crippen LogP contribution in [0.5, 0.6) is 0 Å². The number of terminal acetylenes is 1. The molecule has 0 saturated carbocycles. The Morgan fingerprint density at radius 1 is 1.47 bits per heavy atom. The van der Waals surface area contributed by atoms with Crippen LogP contribution in [-0.2, 0) is 9.53 Å². The van der Waals surface area contributed by atoms with Crippen LogP contribution in [0.4, 0.5) is 0 Å². The van der Waals surface area contributed by atoms with Crippen molar-refractivity contribution in [2.75, 3.05) is 26.2 Å². The van der Waals surface area contributed by atoms with Crippen LogP contribution in [0, 0.1) is 12.3 Å². The standard InChI is InChI=1S/C13H22N2O2/c1-2-3-5-13(16)15-8-4-11-17-12-6-9-14-10-7-12/h1,12,14H,3-11H2,(H,15,16). The van der Waals surface area contributed by atoms with Crippen LogP contribution < -0.4 is 10.6 Å². The summed E-state index contributed by atoms with van der Waals surface area (Å²) < 4.78 is 5.72. The van der Waals surface area contributed by atoms with E-state index < -0.39 is 0 Å². The van der Waals surface area contributed by atoms with Crippen LogP contribution in [0.15, 0.2) is 0 Å². The maximum absolute atomic E-state index is 11.2. The summed E-state index contributed by atoms with van der Waals surface area (Å²) >= 11 is 0. The maximum atomic E-state index is 11.2. The zero-order valence-electron chi connectivity index (χ0n) is 10.3. The number of carbonyl (C=O) groups is 1. The first-order valence-corrected chi connectivity index (χ1v) is 6.35. The van der Waals surface area contributed by atoms with Crippen molar-refractivity contribution in [3.05, 3.63) is 0 Å². The summed E-state index contributed by atoms with van der Waals surface area (Å²) in [6.07, 6.45) is 9.46. The summed E-state index contributed by atoms with van der Waals surface area (Å²) in [7, 11) is 0.